The Hall–Kier alpha value is -0.940. The number of methoxy groups -OCH3 is 2. The molecule has 0 bridgehead atoms. The average Bonchev–Trinajstić information content (AvgIpc) is 2.18. The molecule has 5 heteroatoms. The van der Waals surface area contributed by atoms with Crippen molar-refractivity contribution in [1.29, 1.82) is 0 Å². The molecule has 1 rings (SSSR count). The van der Waals surface area contributed by atoms with Gasteiger partial charge in [0.25, 0.3) is 0 Å². The summed E-state index contributed by atoms with van der Waals surface area (Å²) in [5.41, 5.74) is -1.08. The first kappa shape index (κ1) is 13.1. The van der Waals surface area contributed by atoms with Gasteiger partial charge in [-0.3, -0.25) is 9.59 Å². The molecule has 92 valence electrons. The van der Waals surface area contributed by atoms with Crippen LogP contribution >= 0.6 is 0 Å². The van der Waals surface area contributed by atoms with E-state index >= 15 is 0 Å². The monoisotopic (exact) mass is 230 g/mol. The summed E-state index contributed by atoms with van der Waals surface area (Å²) in [6.45, 7) is 3.37. The van der Waals surface area contributed by atoms with Gasteiger partial charge in [-0.1, -0.05) is 0 Å². The van der Waals surface area contributed by atoms with Crippen molar-refractivity contribution in [2.45, 2.75) is 32.5 Å². The van der Waals surface area contributed by atoms with Crippen molar-refractivity contribution >= 4 is 11.8 Å². The maximum absolute atomic E-state index is 11.8. The highest BCUT2D eigenvalue weighted by molar-refractivity contribution is 6.04. The third kappa shape index (κ3) is 1.85. The second-order valence-corrected chi connectivity index (χ2v) is 4.03. The van der Waals surface area contributed by atoms with Gasteiger partial charge in [0.2, 0.25) is 0 Å². The molecular weight excluding hydrogens is 212 g/mol. The SMILES string of the molecule is CCOC(=O)C1(C(C)=O)CC(OC)(OC)C1. The van der Waals surface area contributed by atoms with Crippen molar-refractivity contribution < 1.29 is 23.8 Å². The zero-order valence-electron chi connectivity index (χ0n) is 10.2. The molecule has 0 atom stereocenters. The number of carbonyl (C=O) groups is 2. The highest BCUT2D eigenvalue weighted by Crippen LogP contribution is 2.52. The Bertz CT molecular complexity index is 285. The summed E-state index contributed by atoms with van der Waals surface area (Å²) < 4.78 is 15.3. The molecule has 0 heterocycles. The van der Waals surface area contributed by atoms with Crippen LogP contribution in [0.5, 0.6) is 0 Å². The lowest BCUT2D eigenvalue weighted by Gasteiger charge is -2.50. The first-order valence-electron chi connectivity index (χ1n) is 5.25. The molecule has 0 aromatic rings. The fourth-order valence-electron chi connectivity index (χ4n) is 2.05. The van der Waals surface area contributed by atoms with Crippen molar-refractivity contribution in [2.24, 2.45) is 5.41 Å². The van der Waals surface area contributed by atoms with E-state index in [1.54, 1.807) is 6.92 Å². The quantitative estimate of drug-likeness (QED) is 0.399. The lowest BCUT2D eigenvalue weighted by Crippen LogP contribution is -2.61. The van der Waals surface area contributed by atoms with Gasteiger partial charge in [-0.2, -0.15) is 0 Å². The Morgan fingerprint density at radius 3 is 2.00 bits per heavy atom. The molecule has 1 saturated carbocycles. The number of ether oxygens (including phenoxy) is 3. The topological polar surface area (TPSA) is 61.8 Å². The smallest absolute Gasteiger partial charge is 0.320 e. The maximum atomic E-state index is 11.8. The molecule has 0 spiro atoms. The molecule has 0 aromatic carbocycles. The van der Waals surface area contributed by atoms with E-state index in [9.17, 15) is 9.59 Å². The van der Waals surface area contributed by atoms with E-state index in [-0.39, 0.29) is 25.2 Å². The second kappa shape index (κ2) is 4.51. The van der Waals surface area contributed by atoms with Crippen LogP contribution in [0.2, 0.25) is 0 Å². The summed E-state index contributed by atoms with van der Waals surface area (Å²) in [7, 11) is 3.00. The predicted octanol–water partition coefficient (Wildman–Crippen LogP) is 0.908. The standard InChI is InChI=1S/C11H18O5/c1-5-16-9(13)10(8(2)12)6-11(7-10,14-3)15-4/h5-7H2,1-4H3. The van der Waals surface area contributed by atoms with Gasteiger partial charge in [0.1, 0.15) is 11.2 Å². The van der Waals surface area contributed by atoms with Crippen LogP contribution in [0.1, 0.15) is 26.7 Å². The third-order valence-electron chi connectivity index (χ3n) is 3.23. The molecule has 0 saturated heterocycles. The van der Waals surface area contributed by atoms with Crippen LogP contribution in [0.15, 0.2) is 0 Å². The Morgan fingerprint density at radius 1 is 1.19 bits per heavy atom. The highest BCUT2D eigenvalue weighted by atomic mass is 16.7. The minimum absolute atomic E-state index is 0.198. The summed E-state index contributed by atoms with van der Waals surface area (Å²) >= 11 is 0. The fourth-order valence-corrected chi connectivity index (χ4v) is 2.05. The second-order valence-electron chi connectivity index (χ2n) is 4.03. The first-order chi connectivity index (χ1) is 7.46. The van der Waals surface area contributed by atoms with Gasteiger partial charge in [0.05, 0.1) is 6.61 Å². The molecular formula is C11H18O5. The molecule has 0 aromatic heterocycles. The Labute approximate surface area is 95.0 Å². The number of hydrogen-bond donors (Lipinski definition) is 0. The highest BCUT2D eigenvalue weighted by Gasteiger charge is 2.64. The molecule has 1 fully saturated rings. The van der Waals surface area contributed by atoms with E-state index in [4.69, 9.17) is 14.2 Å². The number of rotatable bonds is 5. The van der Waals surface area contributed by atoms with Crippen LogP contribution in [0.25, 0.3) is 0 Å². The van der Waals surface area contributed by atoms with E-state index in [1.165, 1.54) is 21.1 Å². The summed E-state index contributed by atoms with van der Waals surface area (Å²) in [6, 6.07) is 0. The Balaban J connectivity index is 2.82. The molecule has 5 nitrogen and oxygen atoms in total. The van der Waals surface area contributed by atoms with Gasteiger partial charge in [-0.15, -0.1) is 0 Å². The summed E-state index contributed by atoms with van der Waals surface area (Å²) in [5, 5.41) is 0. The maximum Gasteiger partial charge on any atom is 0.320 e. The molecule has 0 unspecified atom stereocenters. The van der Waals surface area contributed by atoms with Crippen molar-refractivity contribution in [3.05, 3.63) is 0 Å². The van der Waals surface area contributed by atoms with Crippen LogP contribution < -0.4 is 0 Å². The molecule has 0 radical (unpaired) electrons. The van der Waals surface area contributed by atoms with Gasteiger partial charge in [0.15, 0.2) is 5.79 Å². The van der Waals surface area contributed by atoms with E-state index in [0.717, 1.165) is 0 Å². The summed E-state index contributed by atoms with van der Waals surface area (Å²) in [5.74, 6) is -1.50. The molecule has 0 amide bonds. The van der Waals surface area contributed by atoms with Crippen molar-refractivity contribution in [3.8, 4) is 0 Å². The van der Waals surface area contributed by atoms with Gasteiger partial charge < -0.3 is 14.2 Å². The fraction of sp³-hybridized carbons (Fsp3) is 0.818. The third-order valence-corrected chi connectivity index (χ3v) is 3.23. The molecule has 1 aliphatic carbocycles. The normalized spacial score (nSPS) is 21.0. The van der Waals surface area contributed by atoms with Crippen LogP contribution in [-0.4, -0.2) is 38.4 Å². The number of hydrogen-bond acceptors (Lipinski definition) is 5. The molecule has 0 N–H and O–H groups in total. The lowest BCUT2D eigenvalue weighted by molar-refractivity contribution is -0.289. The van der Waals surface area contributed by atoms with Crippen molar-refractivity contribution in [2.75, 3.05) is 20.8 Å². The number of esters is 1. The van der Waals surface area contributed by atoms with Gasteiger partial charge >= 0.3 is 5.97 Å². The molecule has 16 heavy (non-hydrogen) atoms. The summed E-state index contributed by atoms with van der Waals surface area (Å²) in [6.07, 6.45) is 0.447. The molecule has 1 aliphatic rings. The minimum atomic E-state index is -1.08. The number of carbonyl (C=O) groups excluding carboxylic acids is 2. The van der Waals surface area contributed by atoms with Crippen LogP contribution in [-0.2, 0) is 23.8 Å². The van der Waals surface area contributed by atoms with Crippen molar-refractivity contribution in [3.63, 3.8) is 0 Å². The Kier molecular flexibility index (Phi) is 3.70. The van der Waals surface area contributed by atoms with E-state index in [0.29, 0.717) is 0 Å². The minimum Gasteiger partial charge on any atom is -0.465 e. The van der Waals surface area contributed by atoms with Crippen LogP contribution in [0, 0.1) is 5.41 Å². The Morgan fingerprint density at radius 2 is 1.69 bits per heavy atom. The van der Waals surface area contributed by atoms with Crippen LogP contribution in [0.3, 0.4) is 0 Å². The average molecular weight is 230 g/mol. The van der Waals surface area contributed by atoms with E-state index < -0.39 is 17.2 Å². The zero-order chi connectivity index (χ0) is 12.4. The van der Waals surface area contributed by atoms with E-state index in [1.807, 2.05) is 0 Å². The molecule has 0 aliphatic heterocycles. The summed E-state index contributed by atoms with van der Waals surface area (Å²) in [4.78, 5) is 23.3. The van der Waals surface area contributed by atoms with Crippen LogP contribution in [0.4, 0.5) is 0 Å². The van der Waals surface area contributed by atoms with E-state index in [2.05, 4.69) is 0 Å². The first-order valence-corrected chi connectivity index (χ1v) is 5.25. The van der Waals surface area contributed by atoms with Gasteiger partial charge in [0, 0.05) is 27.1 Å². The van der Waals surface area contributed by atoms with Gasteiger partial charge in [-0.25, -0.2) is 0 Å². The van der Waals surface area contributed by atoms with Gasteiger partial charge in [-0.05, 0) is 13.8 Å². The largest absolute Gasteiger partial charge is 0.465 e. The zero-order valence-corrected chi connectivity index (χ0v) is 10.2. The predicted molar refractivity (Wildman–Crippen MR) is 55.7 cm³/mol. The lowest BCUT2D eigenvalue weighted by atomic mass is 9.62. The number of Topliss-reactive ketones (excluding diaryl/α,β-unsaturated/α-hetero) is 1. The number of ketones is 1. The van der Waals surface area contributed by atoms with Crippen molar-refractivity contribution in [1.82, 2.24) is 0 Å².